The molecule has 0 aromatic heterocycles. The number of carbonyl (C=O) groups excluding carboxylic acids is 1. The third-order valence-corrected chi connectivity index (χ3v) is 4.02. The molecule has 0 radical (unpaired) electrons. The normalized spacial score (nSPS) is 13.2. The zero-order chi connectivity index (χ0) is 17.2. The minimum atomic E-state index is 0. The van der Waals surface area contributed by atoms with Crippen molar-refractivity contribution >= 4 is 35.8 Å². The number of rotatable bonds is 8. The summed E-state index contributed by atoms with van der Waals surface area (Å²) in [6, 6.07) is 8.26. The topological polar surface area (TPSA) is 66.0 Å². The number of halogens is 1. The highest BCUT2D eigenvalue weighted by Crippen LogP contribution is 2.22. The largest absolute Gasteiger partial charge is 0.380 e. The second-order valence-corrected chi connectivity index (χ2v) is 5.74. The first kappa shape index (κ1) is 21.7. The molecular formula is C18H29IN4O2. The van der Waals surface area contributed by atoms with E-state index in [0.717, 1.165) is 45.2 Å². The van der Waals surface area contributed by atoms with Gasteiger partial charge in [0.2, 0.25) is 5.91 Å². The van der Waals surface area contributed by atoms with E-state index < -0.39 is 0 Å². The first-order valence-corrected chi connectivity index (χ1v) is 8.61. The second-order valence-electron chi connectivity index (χ2n) is 5.74. The Morgan fingerprint density at radius 1 is 1.20 bits per heavy atom. The van der Waals surface area contributed by atoms with Gasteiger partial charge in [0.15, 0.2) is 5.96 Å². The van der Waals surface area contributed by atoms with Gasteiger partial charge in [-0.25, -0.2) is 0 Å². The lowest BCUT2D eigenvalue weighted by atomic mass is 10.1. The fraction of sp³-hybridized carbons (Fsp3) is 0.556. The summed E-state index contributed by atoms with van der Waals surface area (Å²) >= 11 is 0. The molecule has 0 aliphatic carbocycles. The lowest BCUT2D eigenvalue weighted by molar-refractivity contribution is -0.131. The number of amides is 1. The first-order chi connectivity index (χ1) is 11.7. The van der Waals surface area contributed by atoms with Gasteiger partial charge in [-0.2, -0.15) is 0 Å². The standard InChI is InChI=1S/C18H28N4O2.HI/c1-3-24-12-11-21-18(19-2)20-10-6-9-17(23)22-13-15-7-4-5-8-16(15)14-22;/h4-5,7-8H,3,6,9-14H2,1-2H3,(H2,19,20,21);1H. The summed E-state index contributed by atoms with van der Waals surface area (Å²) in [6.07, 6.45) is 1.34. The summed E-state index contributed by atoms with van der Waals surface area (Å²) in [5.74, 6) is 0.961. The molecule has 140 valence electrons. The molecule has 1 aromatic carbocycles. The second kappa shape index (κ2) is 12.1. The lowest BCUT2D eigenvalue weighted by Crippen LogP contribution is -2.39. The van der Waals surface area contributed by atoms with Crippen LogP contribution in [0.3, 0.4) is 0 Å². The molecule has 2 N–H and O–H groups in total. The number of carbonyl (C=O) groups is 1. The van der Waals surface area contributed by atoms with Crippen molar-refractivity contribution in [1.29, 1.82) is 0 Å². The van der Waals surface area contributed by atoms with Gasteiger partial charge in [-0.1, -0.05) is 24.3 Å². The number of benzene rings is 1. The maximum absolute atomic E-state index is 12.3. The Kier molecular flexibility index (Phi) is 10.5. The number of nitrogens with one attached hydrogen (secondary N) is 2. The van der Waals surface area contributed by atoms with E-state index >= 15 is 0 Å². The molecule has 0 saturated heterocycles. The molecule has 1 aliphatic rings. The fourth-order valence-corrected chi connectivity index (χ4v) is 2.72. The monoisotopic (exact) mass is 460 g/mol. The van der Waals surface area contributed by atoms with Gasteiger partial charge in [-0.3, -0.25) is 9.79 Å². The third-order valence-electron chi connectivity index (χ3n) is 4.02. The van der Waals surface area contributed by atoms with E-state index in [0.29, 0.717) is 13.0 Å². The number of guanidine groups is 1. The quantitative estimate of drug-likeness (QED) is 0.270. The van der Waals surface area contributed by atoms with E-state index in [2.05, 4.69) is 27.8 Å². The van der Waals surface area contributed by atoms with Gasteiger partial charge in [0.05, 0.1) is 6.61 Å². The van der Waals surface area contributed by atoms with Gasteiger partial charge >= 0.3 is 0 Å². The number of fused-ring (bicyclic) bond motifs is 1. The van der Waals surface area contributed by atoms with E-state index in [4.69, 9.17) is 4.74 Å². The Balaban J connectivity index is 0.00000312. The molecule has 1 aromatic rings. The van der Waals surface area contributed by atoms with Gasteiger partial charge in [0, 0.05) is 46.3 Å². The Bertz CT molecular complexity index is 541. The fourth-order valence-electron chi connectivity index (χ4n) is 2.72. The van der Waals surface area contributed by atoms with Crippen molar-refractivity contribution in [1.82, 2.24) is 15.5 Å². The molecule has 0 atom stereocenters. The van der Waals surface area contributed by atoms with Crippen molar-refractivity contribution in [3.8, 4) is 0 Å². The van der Waals surface area contributed by atoms with Crippen molar-refractivity contribution in [2.24, 2.45) is 4.99 Å². The molecule has 0 unspecified atom stereocenters. The van der Waals surface area contributed by atoms with Gasteiger partial charge in [0.25, 0.3) is 0 Å². The Morgan fingerprint density at radius 3 is 2.44 bits per heavy atom. The number of hydrogen-bond acceptors (Lipinski definition) is 3. The highest BCUT2D eigenvalue weighted by atomic mass is 127. The molecule has 7 heteroatoms. The van der Waals surface area contributed by atoms with Gasteiger partial charge in [-0.05, 0) is 24.5 Å². The molecule has 0 fully saturated rings. The molecule has 0 spiro atoms. The predicted molar refractivity (Wildman–Crippen MR) is 111 cm³/mol. The van der Waals surface area contributed by atoms with Crippen LogP contribution in [0.25, 0.3) is 0 Å². The van der Waals surface area contributed by atoms with Crippen LogP contribution in [0.5, 0.6) is 0 Å². The highest BCUT2D eigenvalue weighted by molar-refractivity contribution is 14.0. The Labute approximate surface area is 167 Å². The zero-order valence-corrected chi connectivity index (χ0v) is 17.4. The molecule has 1 amide bonds. The van der Waals surface area contributed by atoms with Crippen LogP contribution >= 0.6 is 24.0 Å². The van der Waals surface area contributed by atoms with Crippen molar-refractivity contribution in [3.63, 3.8) is 0 Å². The molecular weight excluding hydrogens is 431 g/mol. The molecule has 1 heterocycles. The van der Waals surface area contributed by atoms with Crippen molar-refractivity contribution < 1.29 is 9.53 Å². The van der Waals surface area contributed by atoms with Gasteiger partial charge in [-0.15, -0.1) is 24.0 Å². The average molecular weight is 460 g/mol. The SMILES string of the molecule is CCOCCNC(=NC)NCCCC(=O)N1Cc2ccccc2C1.I. The van der Waals surface area contributed by atoms with Crippen LogP contribution in [0, 0.1) is 0 Å². The number of ether oxygens (including phenoxy) is 1. The minimum absolute atomic E-state index is 0. The summed E-state index contributed by atoms with van der Waals surface area (Å²) in [7, 11) is 1.74. The first-order valence-electron chi connectivity index (χ1n) is 8.61. The Morgan fingerprint density at radius 2 is 1.84 bits per heavy atom. The molecule has 6 nitrogen and oxygen atoms in total. The van der Waals surface area contributed by atoms with E-state index in [-0.39, 0.29) is 29.9 Å². The average Bonchev–Trinajstić information content (AvgIpc) is 3.04. The lowest BCUT2D eigenvalue weighted by Gasteiger charge is -2.16. The van der Waals surface area contributed by atoms with Crippen LogP contribution in [-0.4, -0.2) is 50.1 Å². The maximum Gasteiger partial charge on any atom is 0.223 e. The van der Waals surface area contributed by atoms with E-state index in [1.807, 2.05) is 24.0 Å². The minimum Gasteiger partial charge on any atom is -0.380 e. The predicted octanol–water partition coefficient (Wildman–Crippen LogP) is 2.13. The van der Waals surface area contributed by atoms with Crippen molar-refractivity contribution in [2.45, 2.75) is 32.9 Å². The van der Waals surface area contributed by atoms with Crippen molar-refractivity contribution in [2.75, 3.05) is 33.4 Å². The smallest absolute Gasteiger partial charge is 0.223 e. The van der Waals surface area contributed by atoms with E-state index in [1.54, 1.807) is 7.05 Å². The molecule has 1 aliphatic heterocycles. The highest BCUT2D eigenvalue weighted by Gasteiger charge is 2.22. The van der Waals surface area contributed by atoms with Gasteiger partial charge < -0.3 is 20.3 Å². The van der Waals surface area contributed by atoms with Crippen LogP contribution in [0.4, 0.5) is 0 Å². The van der Waals surface area contributed by atoms with Crippen LogP contribution in [-0.2, 0) is 22.6 Å². The van der Waals surface area contributed by atoms with E-state index in [1.165, 1.54) is 11.1 Å². The van der Waals surface area contributed by atoms with Crippen LogP contribution in [0.1, 0.15) is 30.9 Å². The molecule has 2 rings (SSSR count). The third kappa shape index (κ3) is 7.19. The molecule has 0 saturated carbocycles. The van der Waals surface area contributed by atoms with Crippen molar-refractivity contribution in [3.05, 3.63) is 35.4 Å². The summed E-state index contributed by atoms with van der Waals surface area (Å²) in [5.41, 5.74) is 2.53. The number of hydrogen-bond donors (Lipinski definition) is 2. The van der Waals surface area contributed by atoms with Crippen LogP contribution in [0.15, 0.2) is 29.3 Å². The Hall–Kier alpha value is -1.35. The molecule has 25 heavy (non-hydrogen) atoms. The summed E-state index contributed by atoms with van der Waals surface area (Å²) < 4.78 is 5.27. The maximum atomic E-state index is 12.3. The van der Waals surface area contributed by atoms with Gasteiger partial charge in [0.1, 0.15) is 0 Å². The zero-order valence-electron chi connectivity index (χ0n) is 15.1. The van der Waals surface area contributed by atoms with Crippen LogP contribution in [0.2, 0.25) is 0 Å². The molecule has 0 bridgehead atoms. The van der Waals surface area contributed by atoms with E-state index in [9.17, 15) is 4.79 Å². The summed E-state index contributed by atoms with van der Waals surface area (Å²) in [5, 5.41) is 6.40. The number of nitrogens with zero attached hydrogens (tertiary/aromatic N) is 2. The summed E-state index contributed by atoms with van der Waals surface area (Å²) in [6.45, 7) is 6.27. The summed E-state index contributed by atoms with van der Waals surface area (Å²) in [4.78, 5) is 18.4. The van der Waals surface area contributed by atoms with Crippen LogP contribution < -0.4 is 10.6 Å². The number of aliphatic imine (C=N–C) groups is 1.